The van der Waals surface area contributed by atoms with Gasteiger partial charge >= 0.3 is 0 Å². The van der Waals surface area contributed by atoms with E-state index in [2.05, 4.69) is 25.1 Å². The van der Waals surface area contributed by atoms with Crippen LogP contribution in [0.5, 0.6) is 0 Å². The zero-order valence-corrected chi connectivity index (χ0v) is 14.5. The number of aryl methyl sites for hydroxylation is 1. The van der Waals surface area contributed by atoms with Gasteiger partial charge in [0.05, 0.1) is 21.6 Å². The number of aromatic amines is 1. The summed E-state index contributed by atoms with van der Waals surface area (Å²) in [7, 11) is 0. The third kappa shape index (κ3) is 3.06. The van der Waals surface area contributed by atoms with Crippen molar-refractivity contribution in [2.45, 2.75) is 13.5 Å². The minimum Gasteiger partial charge on any atom is -0.349 e. The highest BCUT2D eigenvalue weighted by molar-refractivity contribution is 7.13. The molecule has 0 saturated heterocycles. The number of H-pyrrole nitrogens is 1. The molecule has 0 bridgehead atoms. The molecular formula is C18H17N5OS. The van der Waals surface area contributed by atoms with Crippen LogP contribution >= 0.6 is 11.3 Å². The maximum absolute atomic E-state index is 12.3. The third-order valence-corrected chi connectivity index (χ3v) is 4.97. The van der Waals surface area contributed by atoms with Crippen molar-refractivity contribution < 1.29 is 4.79 Å². The van der Waals surface area contributed by atoms with Gasteiger partial charge in [0.2, 0.25) is 0 Å². The van der Waals surface area contributed by atoms with Crippen molar-refractivity contribution in [3.05, 3.63) is 59.4 Å². The molecule has 0 aliphatic rings. The molecule has 4 aromatic rings. The van der Waals surface area contributed by atoms with Gasteiger partial charge in [0.15, 0.2) is 5.69 Å². The van der Waals surface area contributed by atoms with Gasteiger partial charge in [-0.15, -0.1) is 11.3 Å². The molecule has 126 valence electrons. The summed E-state index contributed by atoms with van der Waals surface area (Å²) < 4.78 is 2.11. The second-order valence-electron chi connectivity index (χ2n) is 5.70. The number of fused-ring (bicyclic) bond motifs is 1. The van der Waals surface area contributed by atoms with Crippen LogP contribution in [0.3, 0.4) is 0 Å². The molecule has 0 atom stereocenters. The first-order valence-electron chi connectivity index (χ1n) is 8.02. The maximum atomic E-state index is 12.3. The molecule has 1 amide bonds. The Morgan fingerprint density at radius 3 is 3.00 bits per heavy atom. The normalized spacial score (nSPS) is 11.1. The molecule has 0 unspecified atom stereocenters. The lowest BCUT2D eigenvalue weighted by atomic mass is 10.3. The number of hydrogen-bond acceptors (Lipinski definition) is 4. The molecule has 25 heavy (non-hydrogen) atoms. The highest BCUT2D eigenvalue weighted by Gasteiger charge is 2.12. The summed E-state index contributed by atoms with van der Waals surface area (Å²) in [6, 6.07) is 13.7. The van der Waals surface area contributed by atoms with Gasteiger partial charge < -0.3 is 9.88 Å². The molecule has 7 heteroatoms. The number of nitrogens with zero attached hydrogens (tertiary/aromatic N) is 3. The summed E-state index contributed by atoms with van der Waals surface area (Å²) in [4.78, 5) is 17.9. The van der Waals surface area contributed by atoms with E-state index in [1.807, 2.05) is 48.7 Å². The van der Waals surface area contributed by atoms with E-state index in [1.54, 1.807) is 17.4 Å². The van der Waals surface area contributed by atoms with Crippen LogP contribution in [0.2, 0.25) is 0 Å². The van der Waals surface area contributed by atoms with Crippen LogP contribution in [0.15, 0.2) is 47.8 Å². The summed E-state index contributed by atoms with van der Waals surface area (Å²) >= 11 is 1.61. The number of rotatable bonds is 5. The molecule has 0 aliphatic heterocycles. The predicted molar refractivity (Wildman–Crippen MR) is 98.7 cm³/mol. The molecule has 0 radical (unpaired) electrons. The zero-order chi connectivity index (χ0) is 17.2. The van der Waals surface area contributed by atoms with Crippen molar-refractivity contribution in [1.82, 2.24) is 25.1 Å². The molecule has 4 rings (SSSR count). The highest BCUT2D eigenvalue weighted by atomic mass is 32.1. The molecule has 0 aliphatic carbocycles. The smallest absolute Gasteiger partial charge is 0.271 e. The molecular weight excluding hydrogens is 334 g/mol. The van der Waals surface area contributed by atoms with Crippen molar-refractivity contribution in [2.75, 3.05) is 6.54 Å². The average molecular weight is 351 g/mol. The Kier molecular flexibility index (Phi) is 4.07. The monoisotopic (exact) mass is 351 g/mol. The molecule has 0 saturated carbocycles. The van der Waals surface area contributed by atoms with E-state index >= 15 is 0 Å². The minimum atomic E-state index is -0.180. The van der Waals surface area contributed by atoms with Gasteiger partial charge in [0.25, 0.3) is 5.91 Å². The Hall–Kier alpha value is -2.93. The van der Waals surface area contributed by atoms with E-state index < -0.39 is 0 Å². The van der Waals surface area contributed by atoms with Crippen molar-refractivity contribution in [3.8, 4) is 10.6 Å². The van der Waals surface area contributed by atoms with Crippen LogP contribution < -0.4 is 5.32 Å². The summed E-state index contributed by atoms with van der Waals surface area (Å²) in [5.74, 6) is 0.760. The largest absolute Gasteiger partial charge is 0.349 e. The van der Waals surface area contributed by atoms with Crippen LogP contribution in [-0.2, 0) is 6.54 Å². The van der Waals surface area contributed by atoms with E-state index in [1.165, 1.54) is 0 Å². The number of para-hydroxylation sites is 2. The van der Waals surface area contributed by atoms with E-state index in [0.717, 1.165) is 27.4 Å². The quantitative estimate of drug-likeness (QED) is 0.580. The Morgan fingerprint density at radius 1 is 1.28 bits per heavy atom. The van der Waals surface area contributed by atoms with E-state index in [9.17, 15) is 4.79 Å². The van der Waals surface area contributed by atoms with Gasteiger partial charge in [-0.3, -0.25) is 9.89 Å². The first-order chi connectivity index (χ1) is 12.2. The lowest BCUT2D eigenvalue weighted by Crippen LogP contribution is -2.27. The van der Waals surface area contributed by atoms with Crippen molar-refractivity contribution in [3.63, 3.8) is 0 Å². The second kappa shape index (κ2) is 6.52. The fraction of sp³-hybridized carbons (Fsp3) is 0.167. The van der Waals surface area contributed by atoms with Crippen molar-refractivity contribution in [2.24, 2.45) is 0 Å². The van der Waals surface area contributed by atoms with Crippen LogP contribution in [-0.4, -0.2) is 32.2 Å². The van der Waals surface area contributed by atoms with E-state index in [-0.39, 0.29) is 5.91 Å². The molecule has 3 aromatic heterocycles. The van der Waals surface area contributed by atoms with Crippen LogP contribution in [0.25, 0.3) is 21.6 Å². The standard InChI is InChI=1S/C18H17N5OS/c1-12-20-13-5-2-3-6-16(13)23(12)9-8-19-18(24)15-11-14(21-22-15)17-7-4-10-25-17/h2-7,10-11H,8-9H2,1H3,(H,19,24)(H,21,22). The number of hydrogen-bond donors (Lipinski definition) is 2. The lowest BCUT2D eigenvalue weighted by Gasteiger charge is -2.07. The van der Waals surface area contributed by atoms with Gasteiger partial charge in [-0.1, -0.05) is 18.2 Å². The first-order valence-corrected chi connectivity index (χ1v) is 8.90. The molecule has 3 heterocycles. The van der Waals surface area contributed by atoms with Gasteiger partial charge in [0, 0.05) is 13.1 Å². The number of imidazole rings is 1. The molecule has 0 fully saturated rings. The fourth-order valence-corrected chi connectivity index (χ4v) is 3.54. The van der Waals surface area contributed by atoms with Gasteiger partial charge in [-0.25, -0.2) is 4.98 Å². The lowest BCUT2D eigenvalue weighted by molar-refractivity contribution is 0.0947. The topological polar surface area (TPSA) is 75.6 Å². The Balaban J connectivity index is 1.41. The summed E-state index contributed by atoms with van der Waals surface area (Å²) in [5.41, 5.74) is 3.31. The summed E-state index contributed by atoms with van der Waals surface area (Å²) in [6.07, 6.45) is 0. The number of nitrogens with one attached hydrogen (secondary N) is 2. The highest BCUT2D eigenvalue weighted by Crippen LogP contribution is 2.22. The average Bonchev–Trinajstić information content (AvgIpc) is 3.34. The number of benzene rings is 1. The number of thiophene rings is 1. The summed E-state index contributed by atoms with van der Waals surface area (Å²) in [6.45, 7) is 3.16. The SMILES string of the molecule is Cc1nc2ccccc2n1CCNC(=O)c1cc(-c2cccs2)[nH]n1. The molecule has 6 nitrogen and oxygen atoms in total. The Labute approximate surface area is 148 Å². The summed E-state index contributed by atoms with van der Waals surface area (Å²) in [5, 5.41) is 11.9. The van der Waals surface area contributed by atoms with Crippen LogP contribution in [0.1, 0.15) is 16.3 Å². The molecule has 2 N–H and O–H groups in total. The van der Waals surface area contributed by atoms with Gasteiger partial charge in [0.1, 0.15) is 5.82 Å². The maximum Gasteiger partial charge on any atom is 0.271 e. The number of carbonyl (C=O) groups excluding carboxylic acids is 1. The molecule has 1 aromatic carbocycles. The second-order valence-corrected chi connectivity index (χ2v) is 6.65. The minimum absolute atomic E-state index is 0.180. The Morgan fingerprint density at radius 2 is 2.16 bits per heavy atom. The number of carbonyl (C=O) groups is 1. The van der Waals surface area contributed by atoms with Crippen molar-refractivity contribution in [1.29, 1.82) is 0 Å². The fourth-order valence-electron chi connectivity index (χ4n) is 2.85. The third-order valence-electron chi connectivity index (χ3n) is 4.06. The van der Waals surface area contributed by atoms with Crippen LogP contribution in [0.4, 0.5) is 0 Å². The van der Waals surface area contributed by atoms with E-state index in [4.69, 9.17) is 0 Å². The predicted octanol–water partition coefficient (Wildman–Crippen LogP) is 3.23. The Bertz CT molecular complexity index is 1020. The van der Waals surface area contributed by atoms with E-state index in [0.29, 0.717) is 18.8 Å². The van der Waals surface area contributed by atoms with Gasteiger partial charge in [-0.2, -0.15) is 5.10 Å². The van der Waals surface area contributed by atoms with Crippen LogP contribution in [0, 0.1) is 6.92 Å². The zero-order valence-electron chi connectivity index (χ0n) is 13.7. The molecule has 0 spiro atoms. The first kappa shape index (κ1) is 15.6. The number of aromatic nitrogens is 4. The van der Waals surface area contributed by atoms with Gasteiger partial charge in [-0.05, 0) is 36.6 Å². The van der Waals surface area contributed by atoms with Crippen molar-refractivity contribution >= 4 is 28.3 Å². The number of amides is 1.